The lowest BCUT2D eigenvalue weighted by molar-refractivity contribution is 0.0796. The molecule has 2 aliphatic heterocycles. The predicted octanol–water partition coefficient (Wildman–Crippen LogP) is 3.75. The van der Waals surface area contributed by atoms with Gasteiger partial charge in [0.1, 0.15) is 14.8 Å². The predicted molar refractivity (Wildman–Crippen MR) is 129 cm³/mol. The molecule has 0 atom stereocenters. The van der Waals surface area contributed by atoms with Crippen LogP contribution in [0.4, 0.5) is 0 Å². The molecule has 2 aromatic heterocycles. The Bertz CT molecular complexity index is 1330. The van der Waals surface area contributed by atoms with Gasteiger partial charge >= 0.3 is 0 Å². The number of benzene rings is 1. The molecule has 1 saturated heterocycles. The number of amides is 1. The van der Waals surface area contributed by atoms with Gasteiger partial charge in [0.2, 0.25) is 10.0 Å². The third-order valence-corrected chi connectivity index (χ3v) is 9.93. The first-order valence-corrected chi connectivity index (χ1v) is 13.5. The average molecular weight is 485 g/mol. The molecular formula is C24H28N4O3S2. The largest absolute Gasteiger partial charge is 0.345 e. The van der Waals surface area contributed by atoms with E-state index < -0.39 is 10.0 Å². The molecular weight excluding hydrogens is 456 g/mol. The number of thiazole rings is 1. The van der Waals surface area contributed by atoms with E-state index in [0.717, 1.165) is 37.2 Å². The van der Waals surface area contributed by atoms with Gasteiger partial charge in [0.05, 0.1) is 11.4 Å². The van der Waals surface area contributed by atoms with E-state index in [9.17, 15) is 13.2 Å². The second-order valence-electron chi connectivity index (χ2n) is 8.83. The summed E-state index contributed by atoms with van der Waals surface area (Å²) in [5, 5.41) is 0.672. The number of nitrogens with zero attached hydrogens (tertiary/aromatic N) is 4. The number of carbonyl (C=O) groups excluding carboxylic acids is 1. The third kappa shape index (κ3) is 3.82. The van der Waals surface area contributed by atoms with Crippen LogP contribution < -0.4 is 0 Å². The summed E-state index contributed by atoms with van der Waals surface area (Å²) in [6.07, 6.45) is 2.78. The van der Waals surface area contributed by atoms with Crippen molar-refractivity contribution in [3.8, 4) is 10.7 Å². The summed E-state index contributed by atoms with van der Waals surface area (Å²) in [6.45, 7) is 6.10. The molecule has 0 spiro atoms. The van der Waals surface area contributed by atoms with Crippen LogP contribution >= 0.6 is 11.3 Å². The Kier molecular flexibility index (Phi) is 5.66. The van der Waals surface area contributed by atoms with Gasteiger partial charge in [0.25, 0.3) is 5.91 Å². The highest BCUT2D eigenvalue weighted by molar-refractivity contribution is 7.89. The fourth-order valence-electron chi connectivity index (χ4n) is 4.72. The minimum absolute atomic E-state index is 0.0273. The molecule has 0 saturated carbocycles. The van der Waals surface area contributed by atoms with E-state index >= 15 is 0 Å². The Morgan fingerprint density at radius 2 is 1.76 bits per heavy atom. The number of rotatable bonds is 4. The molecule has 1 aromatic carbocycles. The van der Waals surface area contributed by atoms with E-state index in [4.69, 9.17) is 0 Å². The quantitative estimate of drug-likeness (QED) is 0.565. The Morgan fingerprint density at radius 1 is 1.06 bits per heavy atom. The van der Waals surface area contributed by atoms with Gasteiger partial charge in [-0.2, -0.15) is 4.31 Å². The van der Waals surface area contributed by atoms with E-state index in [-0.39, 0.29) is 5.91 Å². The van der Waals surface area contributed by atoms with E-state index in [0.29, 0.717) is 45.7 Å². The molecule has 0 radical (unpaired) electrons. The highest BCUT2D eigenvalue weighted by atomic mass is 32.2. The van der Waals surface area contributed by atoms with Crippen molar-refractivity contribution in [2.75, 3.05) is 19.6 Å². The Labute approximate surface area is 198 Å². The van der Waals surface area contributed by atoms with Gasteiger partial charge < -0.3 is 9.47 Å². The molecule has 3 aromatic rings. The summed E-state index contributed by atoms with van der Waals surface area (Å²) in [7, 11) is -1.81. The Morgan fingerprint density at radius 3 is 2.48 bits per heavy atom. The van der Waals surface area contributed by atoms with Crippen LogP contribution in [0.3, 0.4) is 0 Å². The van der Waals surface area contributed by atoms with Crippen molar-refractivity contribution >= 4 is 27.3 Å². The Balaban J connectivity index is 1.48. The molecule has 0 aliphatic carbocycles. The van der Waals surface area contributed by atoms with Crippen molar-refractivity contribution in [1.29, 1.82) is 0 Å². The van der Waals surface area contributed by atoms with Crippen molar-refractivity contribution in [2.45, 2.75) is 44.6 Å². The van der Waals surface area contributed by atoms with Crippen molar-refractivity contribution in [3.63, 3.8) is 0 Å². The van der Waals surface area contributed by atoms with Crippen LogP contribution in [-0.2, 0) is 30.0 Å². The standard InChI is InChI=1S/C24H28N4O3S2/c1-16-22(24(29)27-11-6-7-12-27)32-23(25-16)20-14-21(17(2)26(20)3)33(30,31)28-13-10-18-8-4-5-9-19(18)15-28/h4-5,8-9,14H,6-7,10-13,15H2,1-3H3. The van der Waals surface area contributed by atoms with E-state index in [1.165, 1.54) is 16.9 Å². The van der Waals surface area contributed by atoms with Crippen LogP contribution in [0.25, 0.3) is 10.7 Å². The van der Waals surface area contributed by atoms with Gasteiger partial charge in [-0.25, -0.2) is 13.4 Å². The molecule has 4 heterocycles. The number of carbonyl (C=O) groups is 1. The van der Waals surface area contributed by atoms with Crippen LogP contribution in [0.5, 0.6) is 0 Å². The molecule has 5 rings (SSSR count). The zero-order valence-corrected chi connectivity index (χ0v) is 20.8. The summed E-state index contributed by atoms with van der Waals surface area (Å²) in [5.74, 6) is 0.0273. The molecule has 0 N–H and O–H groups in total. The molecule has 2 aliphatic rings. The number of aromatic nitrogens is 2. The summed E-state index contributed by atoms with van der Waals surface area (Å²) in [6, 6.07) is 9.73. The summed E-state index contributed by atoms with van der Waals surface area (Å²) in [5.41, 5.74) is 4.36. The van der Waals surface area contributed by atoms with Crippen LogP contribution in [-0.4, -0.2) is 52.7 Å². The number of hydrogen-bond donors (Lipinski definition) is 0. The van der Waals surface area contributed by atoms with E-state index in [1.807, 2.05) is 48.6 Å². The van der Waals surface area contributed by atoms with Gasteiger partial charge in [0.15, 0.2) is 0 Å². The lowest BCUT2D eigenvalue weighted by Gasteiger charge is -2.28. The fourth-order valence-corrected chi connectivity index (χ4v) is 7.50. The van der Waals surface area contributed by atoms with Crippen LogP contribution in [0.2, 0.25) is 0 Å². The molecule has 0 bridgehead atoms. The zero-order chi connectivity index (χ0) is 23.3. The fraction of sp³-hybridized carbons (Fsp3) is 0.417. The zero-order valence-electron chi connectivity index (χ0n) is 19.2. The number of aryl methyl sites for hydroxylation is 1. The normalized spacial score (nSPS) is 16.9. The average Bonchev–Trinajstić information content (AvgIpc) is 3.54. The van der Waals surface area contributed by atoms with Crippen LogP contribution in [0.1, 0.15) is 45.0 Å². The van der Waals surface area contributed by atoms with Gasteiger partial charge in [-0.15, -0.1) is 11.3 Å². The van der Waals surface area contributed by atoms with Gasteiger partial charge in [-0.3, -0.25) is 4.79 Å². The second kappa shape index (κ2) is 8.38. The van der Waals surface area contributed by atoms with Gasteiger partial charge in [-0.1, -0.05) is 24.3 Å². The van der Waals surface area contributed by atoms with Crippen LogP contribution in [0, 0.1) is 13.8 Å². The molecule has 9 heteroatoms. The number of hydrogen-bond acceptors (Lipinski definition) is 5. The number of likely N-dealkylation sites (tertiary alicyclic amines) is 1. The molecule has 1 amide bonds. The highest BCUT2D eigenvalue weighted by Crippen LogP contribution is 2.35. The summed E-state index contributed by atoms with van der Waals surface area (Å²) >= 11 is 1.35. The van der Waals surface area contributed by atoms with Crippen molar-refractivity contribution in [3.05, 3.63) is 57.7 Å². The number of fused-ring (bicyclic) bond motifs is 1. The molecule has 1 fully saturated rings. The lowest BCUT2D eigenvalue weighted by atomic mass is 10.0. The second-order valence-corrected chi connectivity index (χ2v) is 11.7. The summed E-state index contributed by atoms with van der Waals surface area (Å²) in [4.78, 5) is 20.4. The topological polar surface area (TPSA) is 75.5 Å². The van der Waals surface area contributed by atoms with Crippen molar-refractivity contribution in [2.24, 2.45) is 7.05 Å². The molecule has 174 valence electrons. The maximum Gasteiger partial charge on any atom is 0.265 e. The monoisotopic (exact) mass is 484 g/mol. The third-order valence-electron chi connectivity index (χ3n) is 6.81. The Hall–Kier alpha value is -2.49. The maximum absolute atomic E-state index is 13.6. The van der Waals surface area contributed by atoms with Gasteiger partial charge in [-0.05, 0) is 50.3 Å². The number of sulfonamides is 1. The van der Waals surface area contributed by atoms with E-state index in [2.05, 4.69) is 11.1 Å². The van der Waals surface area contributed by atoms with Gasteiger partial charge in [0, 0.05) is 38.9 Å². The highest BCUT2D eigenvalue weighted by Gasteiger charge is 2.32. The molecule has 0 unspecified atom stereocenters. The first-order chi connectivity index (χ1) is 15.8. The van der Waals surface area contributed by atoms with Crippen molar-refractivity contribution in [1.82, 2.24) is 18.8 Å². The SMILES string of the molecule is Cc1nc(-c2cc(S(=O)(=O)N3CCc4ccccc4C3)c(C)n2C)sc1C(=O)N1CCCC1. The smallest absolute Gasteiger partial charge is 0.265 e. The first-order valence-electron chi connectivity index (χ1n) is 11.3. The lowest BCUT2D eigenvalue weighted by Crippen LogP contribution is -2.36. The van der Waals surface area contributed by atoms with Crippen molar-refractivity contribution < 1.29 is 13.2 Å². The molecule has 7 nitrogen and oxygen atoms in total. The maximum atomic E-state index is 13.6. The first kappa shape index (κ1) is 22.3. The minimum atomic E-state index is -3.66. The molecule has 33 heavy (non-hydrogen) atoms. The van der Waals surface area contributed by atoms with E-state index in [1.54, 1.807) is 10.4 Å². The van der Waals surface area contributed by atoms with Crippen LogP contribution in [0.15, 0.2) is 35.2 Å². The minimum Gasteiger partial charge on any atom is -0.345 e. The summed E-state index contributed by atoms with van der Waals surface area (Å²) < 4.78 is 30.6.